The molecule has 0 aromatic heterocycles. The molecule has 4 nitrogen and oxygen atoms in total. The van der Waals surface area contributed by atoms with Crippen LogP contribution < -0.4 is 10.2 Å². The molecule has 0 bridgehead atoms. The van der Waals surface area contributed by atoms with E-state index in [1.807, 2.05) is 24.3 Å². The topological polar surface area (TPSA) is 35.6 Å². The number of rotatable bonds is 4. The fourth-order valence-electron chi connectivity index (χ4n) is 4.02. The van der Waals surface area contributed by atoms with E-state index in [1.54, 1.807) is 0 Å². The summed E-state index contributed by atoms with van der Waals surface area (Å²) >= 11 is 0. The number of hydrogen-bond donors (Lipinski definition) is 1. The molecule has 0 saturated carbocycles. The zero-order valence-electron chi connectivity index (χ0n) is 15.6. The van der Waals surface area contributed by atoms with E-state index in [0.717, 1.165) is 18.8 Å². The Hall–Kier alpha value is -1.76. The molecule has 2 fully saturated rings. The van der Waals surface area contributed by atoms with Crippen molar-refractivity contribution >= 4 is 17.3 Å². The number of carbonyl (C=O) groups is 1. The van der Waals surface area contributed by atoms with Gasteiger partial charge in [0.15, 0.2) is 0 Å². The van der Waals surface area contributed by atoms with E-state index >= 15 is 0 Å². The third kappa shape index (κ3) is 5.61. The zero-order chi connectivity index (χ0) is 19.3. The maximum absolute atomic E-state index is 13.1. The Morgan fingerprint density at radius 1 is 0.963 bits per heavy atom. The summed E-state index contributed by atoms with van der Waals surface area (Å²) in [5, 5.41) is 2.74. The first-order valence-corrected chi connectivity index (χ1v) is 9.89. The fraction of sp³-hybridized carbons (Fsp3) is 0.650. The summed E-state index contributed by atoms with van der Waals surface area (Å²) in [6.45, 7) is 2.17. The van der Waals surface area contributed by atoms with Gasteiger partial charge in [0, 0.05) is 24.5 Å². The molecule has 0 radical (unpaired) electrons. The van der Waals surface area contributed by atoms with E-state index in [-0.39, 0.29) is 13.0 Å². The normalized spacial score (nSPS) is 22.3. The van der Waals surface area contributed by atoms with E-state index in [9.17, 15) is 18.0 Å². The number of piperidine rings is 1. The average Bonchev–Trinajstić information content (AvgIpc) is 2.91. The number of nitrogens with zero attached hydrogens (tertiary/aromatic N) is 2. The van der Waals surface area contributed by atoms with Crippen LogP contribution in [0.2, 0.25) is 0 Å². The predicted molar refractivity (Wildman–Crippen MR) is 101 cm³/mol. The molecule has 3 rings (SSSR count). The highest BCUT2D eigenvalue weighted by atomic mass is 19.4. The van der Waals surface area contributed by atoms with Crippen molar-refractivity contribution in [1.82, 2.24) is 4.90 Å². The van der Waals surface area contributed by atoms with Gasteiger partial charge < -0.3 is 10.2 Å². The number of likely N-dealkylation sites (tertiary alicyclic amines) is 1. The van der Waals surface area contributed by atoms with Crippen LogP contribution >= 0.6 is 0 Å². The molecular formula is C20H28F3N3O. The summed E-state index contributed by atoms with van der Waals surface area (Å²) in [7, 11) is 0. The lowest BCUT2D eigenvalue weighted by Gasteiger charge is -2.36. The standard InChI is InChI=1S/C20H28F3N3O/c21-20(22,23)18-7-3-6-14-26(18)15-19(27)24-16-8-10-17(11-9-16)25-12-4-1-2-5-13-25/h8-11,18H,1-7,12-15H2,(H,24,27). The van der Waals surface area contributed by atoms with Crippen LogP contribution in [0, 0.1) is 0 Å². The molecule has 1 amide bonds. The maximum Gasteiger partial charge on any atom is 0.404 e. The molecule has 0 spiro atoms. The Balaban J connectivity index is 1.55. The lowest BCUT2D eigenvalue weighted by Crippen LogP contribution is -2.51. The van der Waals surface area contributed by atoms with Crippen molar-refractivity contribution in [3.8, 4) is 0 Å². The van der Waals surface area contributed by atoms with Gasteiger partial charge >= 0.3 is 6.18 Å². The van der Waals surface area contributed by atoms with Crippen molar-refractivity contribution in [3.05, 3.63) is 24.3 Å². The smallest absolute Gasteiger partial charge is 0.372 e. The predicted octanol–water partition coefficient (Wildman–Crippen LogP) is 4.42. The van der Waals surface area contributed by atoms with Gasteiger partial charge in [-0.25, -0.2) is 0 Å². The van der Waals surface area contributed by atoms with Gasteiger partial charge in [-0.1, -0.05) is 19.3 Å². The molecule has 0 aliphatic carbocycles. The van der Waals surface area contributed by atoms with Gasteiger partial charge in [0.1, 0.15) is 6.04 Å². The summed E-state index contributed by atoms with van der Waals surface area (Å²) in [4.78, 5) is 15.9. The summed E-state index contributed by atoms with van der Waals surface area (Å²) < 4.78 is 39.4. The Morgan fingerprint density at radius 3 is 2.22 bits per heavy atom. The largest absolute Gasteiger partial charge is 0.404 e. The van der Waals surface area contributed by atoms with Crippen LogP contribution in [0.3, 0.4) is 0 Å². The van der Waals surface area contributed by atoms with Crippen LogP contribution in [0.25, 0.3) is 0 Å². The lowest BCUT2D eigenvalue weighted by atomic mass is 10.0. The summed E-state index contributed by atoms with van der Waals surface area (Å²) in [6.07, 6.45) is 1.95. The number of benzene rings is 1. The van der Waals surface area contributed by atoms with Crippen molar-refractivity contribution in [1.29, 1.82) is 0 Å². The number of alkyl halides is 3. The van der Waals surface area contributed by atoms with Gasteiger partial charge in [-0.15, -0.1) is 0 Å². The number of hydrogen-bond acceptors (Lipinski definition) is 3. The van der Waals surface area contributed by atoms with E-state index in [0.29, 0.717) is 25.1 Å². The van der Waals surface area contributed by atoms with Crippen molar-refractivity contribution in [2.45, 2.75) is 57.2 Å². The minimum Gasteiger partial charge on any atom is -0.372 e. The molecule has 1 aromatic carbocycles. The highest BCUT2D eigenvalue weighted by Gasteiger charge is 2.44. The number of carbonyl (C=O) groups excluding carboxylic acids is 1. The van der Waals surface area contributed by atoms with Crippen LogP contribution in [0.15, 0.2) is 24.3 Å². The molecule has 1 atom stereocenters. The minimum atomic E-state index is -4.28. The van der Waals surface area contributed by atoms with Gasteiger partial charge in [0.25, 0.3) is 0 Å². The summed E-state index contributed by atoms with van der Waals surface area (Å²) in [5.41, 5.74) is 1.75. The van der Waals surface area contributed by atoms with Gasteiger partial charge in [0.2, 0.25) is 5.91 Å². The number of amides is 1. The second kappa shape index (κ2) is 8.95. The summed E-state index contributed by atoms with van der Waals surface area (Å²) in [6, 6.07) is 6.09. The Labute approximate surface area is 158 Å². The van der Waals surface area contributed by atoms with Crippen LogP contribution in [-0.2, 0) is 4.79 Å². The molecule has 1 N–H and O–H groups in total. The molecule has 27 heavy (non-hydrogen) atoms. The maximum atomic E-state index is 13.1. The van der Waals surface area contributed by atoms with Crippen LogP contribution in [0.4, 0.5) is 24.5 Å². The molecule has 2 heterocycles. The monoisotopic (exact) mass is 383 g/mol. The lowest BCUT2D eigenvalue weighted by molar-refractivity contribution is -0.190. The van der Waals surface area contributed by atoms with E-state index in [4.69, 9.17) is 0 Å². The molecular weight excluding hydrogens is 355 g/mol. The van der Waals surface area contributed by atoms with Gasteiger partial charge in [-0.3, -0.25) is 9.69 Å². The first-order chi connectivity index (χ1) is 12.9. The van der Waals surface area contributed by atoms with Crippen LogP contribution in [0.1, 0.15) is 44.9 Å². The third-order valence-electron chi connectivity index (χ3n) is 5.46. The molecule has 2 aliphatic heterocycles. The first-order valence-electron chi connectivity index (χ1n) is 9.89. The highest BCUT2D eigenvalue weighted by Crippen LogP contribution is 2.31. The molecule has 2 aliphatic rings. The van der Waals surface area contributed by atoms with E-state index < -0.39 is 18.1 Å². The van der Waals surface area contributed by atoms with Crippen molar-refractivity contribution in [3.63, 3.8) is 0 Å². The molecule has 2 saturated heterocycles. The Morgan fingerprint density at radius 2 is 1.59 bits per heavy atom. The van der Waals surface area contributed by atoms with Crippen molar-refractivity contribution in [2.75, 3.05) is 36.4 Å². The Bertz CT molecular complexity index is 610. The van der Waals surface area contributed by atoms with Crippen LogP contribution in [-0.4, -0.2) is 49.2 Å². The summed E-state index contributed by atoms with van der Waals surface area (Å²) in [5.74, 6) is -0.395. The number of anilines is 2. The molecule has 150 valence electrons. The van der Waals surface area contributed by atoms with Gasteiger partial charge in [-0.2, -0.15) is 13.2 Å². The van der Waals surface area contributed by atoms with Crippen LogP contribution in [0.5, 0.6) is 0 Å². The number of halogens is 3. The third-order valence-corrected chi connectivity index (χ3v) is 5.46. The van der Waals surface area contributed by atoms with E-state index in [1.165, 1.54) is 30.6 Å². The first kappa shape index (κ1) is 20.0. The SMILES string of the molecule is O=C(CN1CCCCC1C(F)(F)F)Nc1ccc(N2CCCCCC2)cc1. The van der Waals surface area contributed by atoms with Gasteiger partial charge in [0.05, 0.1) is 6.54 Å². The quantitative estimate of drug-likeness (QED) is 0.836. The van der Waals surface area contributed by atoms with E-state index in [2.05, 4.69) is 10.2 Å². The second-order valence-corrected chi connectivity index (χ2v) is 7.52. The second-order valence-electron chi connectivity index (χ2n) is 7.52. The fourth-order valence-corrected chi connectivity index (χ4v) is 4.02. The minimum absolute atomic E-state index is 0.0707. The Kier molecular flexibility index (Phi) is 6.63. The van der Waals surface area contributed by atoms with Crippen molar-refractivity contribution in [2.24, 2.45) is 0 Å². The zero-order valence-corrected chi connectivity index (χ0v) is 15.6. The molecule has 1 aromatic rings. The molecule has 7 heteroatoms. The average molecular weight is 383 g/mol. The van der Waals surface area contributed by atoms with Gasteiger partial charge in [-0.05, 0) is 56.5 Å². The number of nitrogens with one attached hydrogen (secondary N) is 1. The molecule has 1 unspecified atom stereocenters. The van der Waals surface area contributed by atoms with Crippen molar-refractivity contribution < 1.29 is 18.0 Å². The highest BCUT2D eigenvalue weighted by molar-refractivity contribution is 5.92.